The molecule has 0 heterocycles. The number of hydrogen-bond donors (Lipinski definition) is 2. The van der Waals surface area contributed by atoms with Crippen molar-refractivity contribution in [2.75, 3.05) is 31.3 Å². The molecule has 2 amide bonds. The van der Waals surface area contributed by atoms with Crippen LogP contribution in [0, 0.1) is 20.8 Å². The minimum atomic E-state index is -0.490. The van der Waals surface area contributed by atoms with Crippen LogP contribution in [0.3, 0.4) is 0 Å². The summed E-state index contributed by atoms with van der Waals surface area (Å²) >= 11 is 0. The zero-order chi connectivity index (χ0) is 20.8. The van der Waals surface area contributed by atoms with E-state index in [2.05, 4.69) is 10.6 Å². The van der Waals surface area contributed by atoms with Crippen LogP contribution in [0.2, 0.25) is 0 Å². The number of hydrogen-bond acceptors (Lipinski definition) is 4. The standard InChI is InChI=1S/C22H29N3O3/c1-14-11-15(2)21(16(3)12-14)24-20(26)13-25(5)17(4)22(27)23-18-9-7-8-10-19(18)28-6/h7-12,17H,13H2,1-6H3,(H,23,27)(H,24,26)/t17-/m0/s1. The molecule has 2 aromatic rings. The lowest BCUT2D eigenvalue weighted by Gasteiger charge is -2.24. The highest BCUT2D eigenvalue weighted by molar-refractivity contribution is 5.97. The Bertz CT molecular complexity index is 841. The maximum Gasteiger partial charge on any atom is 0.241 e. The molecule has 0 bridgehead atoms. The SMILES string of the molecule is COc1ccccc1NC(=O)[C@H](C)N(C)CC(=O)Nc1c(C)cc(C)cc1C. The first-order chi connectivity index (χ1) is 13.2. The molecule has 0 aliphatic rings. The number of anilines is 2. The molecule has 6 nitrogen and oxygen atoms in total. The van der Waals surface area contributed by atoms with Gasteiger partial charge in [0.15, 0.2) is 0 Å². The van der Waals surface area contributed by atoms with Gasteiger partial charge in [-0.25, -0.2) is 0 Å². The molecular weight excluding hydrogens is 354 g/mol. The van der Waals surface area contributed by atoms with Gasteiger partial charge < -0.3 is 15.4 Å². The van der Waals surface area contributed by atoms with E-state index in [4.69, 9.17) is 4.74 Å². The summed E-state index contributed by atoms with van der Waals surface area (Å²) in [5, 5.41) is 5.82. The van der Waals surface area contributed by atoms with E-state index in [9.17, 15) is 9.59 Å². The van der Waals surface area contributed by atoms with E-state index in [1.165, 1.54) is 0 Å². The fourth-order valence-corrected chi connectivity index (χ4v) is 3.10. The van der Waals surface area contributed by atoms with Crippen LogP contribution >= 0.6 is 0 Å². The summed E-state index contributed by atoms with van der Waals surface area (Å²) in [6.45, 7) is 7.85. The van der Waals surface area contributed by atoms with Crippen LogP contribution in [-0.2, 0) is 9.59 Å². The Morgan fingerprint density at radius 1 is 1.07 bits per heavy atom. The van der Waals surface area contributed by atoms with Crippen molar-refractivity contribution >= 4 is 23.2 Å². The van der Waals surface area contributed by atoms with Crippen LogP contribution in [0.25, 0.3) is 0 Å². The van der Waals surface area contributed by atoms with Gasteiger partial charge >= 0.3 is 0 Å². The molecule has 28 heavy (non-hydrogen) atoms. The number of methoxy groups -OCH3 is 1. The van der Waals surface area contributed by atoms with Crippen molar-refractivity contribution in [3.05, 3.63) is 53.1 Å². The summed E-state index contributed by atoms with van der Waals surface area (Å²) in [6.07, 6.45) is 0. The summed E-state index contributed by atoms with van der Waals surface area (Å²) in [4.78, 5) is 26.8. The van der Waals surface area contributed by atoms with Crippen molar-refractivity contribution in [3.8, 4) is 5.75 Å². The highest BCUT2D eigenvalue weighted by atomic mass is 16.5. The van der Waals surface area contributed by atoms with E-state index in [1.54, 1.807) is 38.1 Å². The molecule has 0 aliphatic heterocycles. The van der Waals surface area contributed by atoms with Gasteiger partial charge in [-0.1, -0.05) is 29.8 Å². The number of nitrogens with one attached hydrogen (secondary N) is 2. The van der Waals surface area contributed by atoms with Crippen LogP contribution in [0.15, 0.2) is 36.4 Å². The number of amides is 2. The van der Waals surface area contributed by atoms with Gasteiger partial charge in [0.1, 0.15) is 5.75 Å². The maximum atomic E-state index is 12.6. The van der Waals surface area contributed by atoms with E-state index in [-0.39, 0.29) is 18.4 Å². The largest absolute Gasteiger partial charge is 0.495 e. The predicted octanol–water partition coefficient (Wildman–Crippen LogP) is 3.52. The summed E-state index contributed by atoms with van der Waals surface area (Å²) in [6, 6.07) is 10.8. The fourth-order valence-electron chi connectivity index (χ4n) is 3.10. The van der Waals surface area contributed by atoms with Crippen LogP contribution in [0.5, 0.6) is 5.75 Å². The summed E-state index contributed by atoms with van der Waals surface area (Å²) in [7, 11) is 3.31. The molecule has 0 aromatic heterocycles. The van der Waals surface area contributed by atoms with Crippen LogP contribution in [0.4, 0.5) is 11.4 Å². The molecule has 1 atom stereocenters. The number of aryl methyl sites for hydroxylation is 3. The third-order valence-corrected chi connectivity index (χ3v) is 4.74. The van der Waals surface area contributed by atoms with E-state index in [0.29, 0.717) is 11.4 Å². The molecule has 2 N–H and O–H groups in total. The minimum absolute atomic E-state index is 0.104. The van der Waals surface area contributed by atoms with Crippen LogP contribution in [-0.4, -0.2) is 43.5 Å². The van der Waals surface area contributed by atoms with Crippen molar-refractivity contribution in [2.24, 2.45) is 0 Å². The number of rotatable bonds is 7. The molecule has 0 saturated heterocycles. The lowest BCUT2D eigenvalue weighted by Crippen LogP contribution is -2.43. The zero-order valence-corrected chi connectivity index (χ0v) is 17.4. The van der Waals surface area contributed by atoms with Crippen molar-refractivity contribution in [1.29, 1.82) is 0 Å². The molecule has 2 aromatic carbocycles. The number of benzene rings is 2. The first-order valence-corrected chi connectivity index (χ1v) is 9.24. The number of ether oxygens (including phenoxy) is 1. The van der Waals surface area contributed by atoms with Crippen molar-refractivity contribution in [2.45, 2.75) is 33.7 Å². The van der Waals surface area contributed by atoms with Crippen molar-refractivity contribution < 1.29 is 14.3 Å². The van der Waals surface area contributed by atoms with Crippen molar-refractivity contribution in [1.82, 2.24) is 4.90 Å². The first-order valence-electron chi connectivity index (χ1n) is 9.24. The molecule has 0 aliphatic carbocycles. The van der Waals surface area contributed by atoms with Crippen LogP contribution < -0.4 is 15.4 Å². The highest BCUT2D eigenvalue weighted by Crippen LogP contribution is 2.24. The van der Waals surface area contributed by atoms with Crippen LogP contribution in [0.1, 0.15) is 23.6 Å². The highest BCUT2D eigenvalue weighted by Gasteiger charge is 2.21. The molecule has 0 unspecified atom stereocenters. The fraction of sp³-hybridized carbons (Fsp3) is 0.364. The number of para-hydroxylation sites is 2. The van der Waals surface area contributed by atoms with E-state index >= 15 is 0 Å². The first kappa shape index (κ1) is 21.4. The van der Waals surface area contributed by atoms with Gasteiger partial charge in [0.05, 0.1) is 25.4 Å². The van der Waals surface area contributed by atoms with Gasteiger partial charge in [-0.2, -0.15) is 0 Å². The smallest absolute Gasteiger partial charge is 0.241 e. The second-order valence-corrected chi connectivity index (χ2v) is 7.10. The lowest BCUT2D eigenvalue weighted by molar-refractivity contribution is -0.122. The summed E-state index contributed by atoms with van der Waals surface area (Å²) in [5.74, 6) is 0.228. The quantitative estimate of drug-likeness (QED) is 0.767. The Kier molecular flexibility index (Phi) is 7.18. The third-order valence-electron chi connectivity index (χ3n) is 4.74. The van der Waals surface area contributed by atoms with Gasteiger partial charge in [0.25, 0.3) is 0 Å². The van der Waals surface area contributed by atoms with E-state index < -0.39 is 6.04 Å². The molecular formula is C22H29N3O3. The Morgan fingerprint density at radius 3 is 2.29 bits per heavy atom. The number of carbonyl (C=O) groups is 2. The Labute approximate surface area is 166 Å². The number of nitrogens with zero attached hydrogens (tertiary/aromatic N) is 1. The maximum absolute atomic E-state index is 12.6. The topological polar surface area (TPSA) is 70.7 Å². The third kappa shape index (κ3) is 5.33. The van der Waals surface area contributed by atoms with Gasteiger partial charge in [-0.15, -0.1) is 0 Å². The molecule has 2 rings (SSSR count). The monoisotopic (exact) mass is 383 g/mol. The second kappa shape index (κ2) is 9.37. The van der Waals surface area contributed by atoms with Gasteiger partial charge in [-0.3, -0.25) is 14.5 Å². The van der Waals surface area contributed by atoms with Crippen molar-refractivity contribution in [3.63, 3.8) is 0 Å². The van der Waals surface area contributed by atoms with Gasteiger partial charge in [0, 0.05) is 5.69 Å². The lowest BCUT2D eigenvalue weighted by atomic mass is 10.1. The number of likely N-dealkylation sites (N-methyl/N-ethyl adjacent to an activating group) is 1. The zero-order valence-electron chi connectivity index (χ0n) is 17.4. The second-order valence-electron chi connectivity index (χ2n) is 7.10. The Balaban J connectivity index is 1.98. The normalized spacial score (nSPS) is 11.8. The van der Waals surface area contributed by atoms with Gasteiger partial charge in [0.2, 0.25) is 11.8 Å². The summed E-state index contributed by atoms with van der Waals surface area (Å²) < 4.78 is 5.26. The van der Waals surface area contributed by atoms with E-state index in [0.717, 1.165) is 22.4 Å². The van der Waals surface area contributed by atoms with E-state index in [1.807, 2.05) is 45.0 Å². The minimum Gasteiger partial charge on any atom is -0.495 e. The average Bonchev–Trinajstić information content (AvgIpc) is 2.64. The predicted molar refractivity (Wildman–Crippen MR) is 113 cm³/mol. The average molecular weight is 383 g/mol. The molecule has 0 radical (unpaired) electrons. The Morgan fingerprint density at radius 2 is 1.68 bits per heavy atom. The summed E-state index contributed by atoms with van der Waals surface area (Å²) in [5.41, 5.74) is 4.64. The Hall–Kier alpha value is -2.86. The molecule has 0 fully saturated rings. The molecule has 150 valence electrons. The molecule has 0 spiro atoms. The molecule has 0 saturated carbocycles. The van der Waals surface area contributed by atoms with Gasteiger partial charge in [-0.05, 0) is 58.0 Å². The number of carbonyl (C=O) groups excluding carboxylic acids is 2. The molecule has 6 heteroatoms.